The molecule has 1 fully saturated rings. The molecule has 0 radical (unpaired) electrons. The maximum atomic E-state index is 12.6. The molecule has 0 saturated carbocycles. The molecule has 0 spiro atoms. The molecule has 0 aromatic carbocycles. The number of pyridine rings is 1. The molecule has 1 saturated heterocycles. The van der Waals surface area contributed by atoms with Crippen molar-refractivity contribution in [1.29, 1.82) is 0 Å². The zero-order chi connectivity index (χ0) is 17.2. The van der Waals surface area contributed by atoms with E-state index in [-0.39, 0.29) is 28.6 Å². The number of carboxylic acid groups (broad SMARTS) is 1. The van der Waals surface area contributed by atoms with Crippen LogP contribution in [0.5, 0.6) is 0 Å². The Labute approximate surface area is 138 Å². The normalized spacial score (nSPS) is 17.9. The molecule has 1 aliphatic rings. The van der Waals surface area contributed by atoms with Crippen LogP contribution in [0.4, 0.5) is 0 Å². The van der Waals surface area contributed by atoms with Gasteiger partial charge in [-0.25, -0.2) is 9.78 Å². The Morgan fingerprint density at radius 2 is 2.09 bits per heavy atom. The standard InChI is InChI=1S/C15H19N3O4S/c1-15(2,3)17-12(19)11-7-23-8-18(11)13(20)9-4-5-16-10(6-9)14(21)22/h4-6,11H,7-8H2,1-3H3,(H,17,19)(H,21,22). The summed E-state index contributed by atoms with van der Waals surface area (Å²) in [5.74, 6) is -0.856. The van der Waals surface area contributed by atoms with Crippen molar-refractivity contribution < 1.29 is 19.5 Å². The summed E-state index contributed by atoms with van der Waals surface area (Å²) in [4.78, 5) is 41.1. The van der Waals surface area contributed by atoms with Gasteiger partial charge >= 0.3 is 5.97 Å². The Hall–Kier alpha value is -2.09. The van der Waals surface area contributed by atoms with Crippen molar-refractivity contribution in [2.24, 2.45) is 0 Å². The van der Waals surface area contributed by atoms with Gasteiger partial charge in [0.25, 0.3) is 5.91 Å². The highest BCUT2D eigenvalue weighted by Gasteiger charge is 2.36. The average Bonchev–Trinajstić information content (AvgIpc) is 2.94. The maximum Gasteiger partial charge on any atom is 0.354 e. The van der Waals surface area contributed by atoms with Crippen LogP contribution in [0.25, 0.3) is 0 Å². The third kappa shape index (κ3) is 4.22. The smallest absolute Gasteiger partial charge is 0.354 e. The quantitative estimate of drug-likeness (QED) is 0.860. The van der Waals surface area contributed by atoms with Gasteiger partial charge in [0.1, 0.15) is 11.7 Å². The van der Waals surface area contributed by atoms with E-state index < -0.39 is 12.0 Å². The number of hydrogen-bond acceptors (Lipinski definition) is 5. The van der Waals surface area contributed by atoms with Gasteiger partial charge in [-0.3, -0.25) is 9.59 Å². The predicted octanol–water partition coefficient (Wildman–Crippen LogP) is 1.21. The van der Waals surface area contributed by atoms with Crippen LogP contribution in [-0.4, -0.2) is 56.0 Å². The summed E-state index contributed by atoms with van der Waals surface area (Å²) in [6, 6.07) is 2.12. The van der Waals surface area contributed by atoms with E-state index >= 15 is 0 Å². The highest BCUT2D eigenvalue weighted by Crippen LogP contribution is 2.24. The summed E-state index contributed by atoms with van der Waals surface area (Å²) in [6.45, 7) is 5.63. The SMILES string of the molecule is CC(C)(C)NC(=O)C1CSCN1C(=O)c1ccnc(C(=O)O)c1. The monoisotopic (exact) mass is 337 g/mol. The first-order chi connectivity index (χ1) is 10.7. The zero-order valence-electron chi connectivity index (χ0n) is 13.2. The summed E-state index contributed by atoms with van der Waals surface area (Å²) in [6.07, 6.45) is 1.28. The van der Waals surface area contributed by atoms with E-state index in [1.54, 1.807) is 0 Å². The average molecular weight is 337 g/mol. The van der Waals surface area contributed by atoms with Crippen molar-refractivity contribution >= 4 is 29.5 Å². The summed E-state index contributed by atoms with van der Waals surface area (Å²) in [7, 11) is 0. The predicted molar refractivity (Wildman–Crippen MR) is 86.4 cm³/mol. The number of hydrogen-bond donors (Lipinski definition) is 2. The Morgan fingerprint density at radius 1 is 1.39 bits per heavy atom. The van der Waals surface area contributed by atoms with Gasteiger partial charge in [-0.2, -0.15) is 0 Å². The molecule has 2 heterocycles. The summed E-state index contributed by atoms with van der Waals surface area (Å²) >= 11 is 1.49. The molecule has 1 unspecified atom stereocenters. The van der Waals surface area contributed by atoms with Crippen molar-refractivity contribution in [1.82, 2.24) is 15.2 Å². The second-order valence-corrected chi connectivity index (χ2v) is 7.26. The van der Waals surface area contributed by atoms with Gasteiger partial charge < -0.3 is 15.3 Å². The van der Waals surface area contributed by atoms with Crippen molar-refractivity contribution in [2.75, 3.05) is 11.6 Å². The molecule has 0 bridgehead atoms. The van der Waals surface area contributed by atoms with Crippen molar-refractivity contribution in [3.05, 3.63) is 29.6 Å². The highest BCUT2D eigenvalue weighted by molar-refractivity contribution is 7.99. The van der Waals surface area contributed by atoms with Gasteiger partial charge in [0.15, 0.2) is 0 Å². The third-order valence-corrected chi connectivity index (χ3v) is 4.18. The molecule has 1 aliphatic heterocycles. The first-order valence-electron chi connectivity index (χ1n) is 7.09. The Kier molecular flexibility index (Phi) is 4.93. The summed E-state index contributed by atoms with van der Waals surface area (Å²) in [5.41, 5.74) is -0.363. The fourth-order valence-corrected chi connectivity index (χ4v) is 3.31. The van der Waals surface area contributed by atoms with E-state index in [0.29, 0.717) is 11.6 Å². The molecule has 0 aliphatic carbocycles. The highest BCUT2D eigenvalue weighted by atomic mass is 32.2. The number of aromatic nitrogens is 1. The van der Waals surface area contributed by atoms with Crippen LogP contribution < -0.4 is 5.32 Å². The zero-order valence-corrected chi connectivity index (χ0v) is 14.0. The lowest BCUT2D eigenvalue weighted by atomic mass is 10.1. The van der Waals surface area contributed by atoms with Gasteiger partial charge in [0.05, 0.1) is 5.88 Å². The molecule has 2 rings (SSSR count). The third-order valence-electron chi connectivity index (χ3n) is 3.17. The van der Waals surface area contributed by atoms with E-state index in [2.05, 4.69) is 10.3 Å². The lowest BCUT2D eigenvalue weighted by Crippen LogP contribution is -2.52. The lowest BCUT2D eigenvalue weighted by molar-refractivity contribution is -0.125. The fraction of sp³-hybridized carbons (Fsp3) is 0.467. The molecule has 8 heteroatoms. The van der Waals surface area contributed by atoms with Crippen molar-refractivity contribution in [3.8, 4) is 0 Å². The summed E-state index contributed by atoms with van der Waals surface area (Å²) < 4.78 is 0. The molecule has 2 N–H and O–H groups in total. The van der Waals surface area contributed by atoms with Gasteiger partial charge in [0.2, 0.25) is 5.91 Å². The topological polar surface area (TPSA) is 99.6 Å². The Bertz CT molecular complexity index is 642. The van der Waals surface area contributed by atoms with Gasteiger partial charge in [-0.15, -0.1) is 11.8 Å². The number of nitrogens with one attached hydrogen (secondary N) is 1. The van der Waals surface area contributed by atoms with Gasteiger partial charge in [0, 0.05) is 23.1 Å². The van der Waals surface area contributed by atoms with Crippen LogP contribution in [0.1, 0.15) is 41.6 Å². The molecule has 124 valence electrons. The Balaban J connectivity index is 2.19. The van der Waals surface area contributed by atoms with E-state index in [1.165, 1.54) is 35.0 Å². The molecular weight excluding hydrogens is 318 g/mol. The fourth-order valence-electron chi connectivity index (χ4n) is 2.16. The number of aromatic carboxylic acids is 1. The number of thioether (sulfide) groups is 1. The molecule has 23 heavy (non-hydrogen) atoms. The molecular formula is C15H19N3O4S. The minimum absolute atomic E-state index is 0.196. The minimum atomic E-state index is -1.20. The summed E-state index contributed by atoms with van der Waals surface area (Å²) in [5, 5.41) is 11.8. The molecule has 7 nitrogen and oxygen atoms in total. The van der Waals surface area contributed by atoms with E-state index in [0.717, 1.165) is 0 Å². The largest absolute Gasteiger partial charge is 0.477 e. The lowest BCUT2D eigenvalue weighted by Gasteiger charge is -2.27. The van der Waals surface area contributed by atoms with Crippen molar-refractivity contribution in [2.45, 2.75) is 32.4 Å². The van der Waals surface area contributed by atoms with Crippen LogP contribution in [0.15, 0.2) is 18.3 Å². The van der Waals surface area contributed by atoms with Crippen molar-refractivity contribution in [3.63, 3.8) is 0 Å². The van der Waals surface area contributed by atoms with Crippen LogP contribution in [0.2, 0.25) is 0 Å². The first kappa shape index (κ1) is 17.3. The molecule has 2 amide bonds. The second-order valence-electron chi connectivity index (χ2n) is 6.26. The number of carboxylic acids is 1. The van der Waals surface area contributed by atoms with E-state index in [1.807, 2.05) is 20.8 Å². The number of amides is 2. The van der Waals surface area contributed by atoms with Crippen LogP contribution in [0, 0.1) is 0 Å². The number of carbonyl (C=O) groups is 3. The first-order valence-corrected chi connectivity index (χ1v) is 8.24. The van der Waals surface area contributed by atoms with Gasteiger partial charge in [-0.1, -0.05) is 0 Å². The second kappa shape index (κ2) is 6.57. The Morgan fingerprint density at radius 3 is 2.70 bits per heavy atom. The minimum Gasteiger partial charge on any atom is -0.477 e. The maximum absolute atomic E-state index is 12.6. The molecule has 1 atom stereocenters. The van der Waals surface area contributed by atoms with Gasteiger partial charge in [-0.05, 0) is 32.9 Å². The number of rotatable bonds is 3. The molecule has 1 aromatic heterocycles. The number of nitrogens with zero attached hydrogens (tertiary/aromatic N) is 2. The van der Waals surface area contributed by atoms with Crippen LogP contribution in [0.3, 0.4) is 0 Å². The number of carbonyl (C=O) groups excluding carboxylic acids is 2. The molecule has 1 aromatic rings. The van der Waals surface area contributed by atoms with Crippen LogP contribution >= 0.6 is 11.8 Å². The van der Waals surface area contributed by atoms with E-state index in [9.17, 15) is 14.4 Å². The van der Waals surface area contributed by atoms with Crippen LogP contribution in [-0.2, 0) is 4.79 Å². The van der Waals surface area contributed by atoms with E-state index in [4.69, 9.17) is 5.11 Å².